The van der Waals surface area contributed by atoms with E-state index in [0.29, 0.717) is 39.2 Å². The van der Waals surface area contributed by atoms with Gasteiger partial charge in [0.2, 0.25) is 0 Å². The van der Waals surface area contributed by atoms with Gasteiger partial charge in [-0.2, -0.15) is 0 Å². The van der Waals surface area contributed by atoms with Gasteiger partial charge in [0.15, 0.2) is 11.6 Å². The minimum absolute atomic E-state index is 0.226. The number of hydrogen-bond donors (Lipinski definition) is 1. The number of ether oxygens (including phenoxy) is 2. The summed E-state index contributed by atoms with van der Waals surface area (Å²) in [5.74, 6) is -1.57. The average molecular weight is 524 g/mol. The van der Waals surface area contributed by atoms with E-state index in [-0.39, 0.29) is 28.3 Å². The van der Waals surface area contributed by atoms with Gasteiger partial charge in [-0.05, 0) is 51.5 Å². The van der Waals surface area contributed by atoms with Crippen molar-refractivity contribution in [3.05, 3.63) is 118 Å². The minimum atomic E-state index is -0.724. The summed E-state index contributed by atoms with van der Waals surface area (Å²) in [5, 5.41) is 3.28. The third kappa shape index (κ3) is 5.43. The average Bonchev–Trinajstić information content (AvgIpc) is 2.91. The minimum Gasteiger partial charge on any atom is -0.454 e. The second kappa shape index (κ2) is 10.9. The Morgan fingerprint density at radius 3 is 1.90 bits per heavy atom. The number of anilines is 2. The summed E-state index contributed by atoms with van der Waals surface area (Å²) >= 11 is 0. The van der Waals surface area contributed by atoms with Crippen LogP contribution in [0.2, 0.25) is 0 Å². The fourth-order valence-corrected chi connectivity index (χ4v) is 4.33. The quantitative estimate of drug-likeness (QED) is 0.206. The first-order valence-corrected chi connectivity index (χ1v) is 12.4. The Kier molecular flexibility index (Phi) is 7.63. The molecule has 4 rings (SSSR count). The molecule has 0 amide bonds. The predicted molar refractivity (Wildman–Crippen MR) is 148 cm³/mol. The number of nitrogens with one attached hydrogen (secondary N) is 1. The summed E-state index contributed by atoms with van der Waals surface area (Å²) in [6.45, 7) is 13.8. The molecule has 2 unspecified atom stereocenters. The molecule has 0 fully saturated rings. The summed E-state index contributed by atoms with van der Waals surface area (Å²) in [6, 6.07) is 17.1. The monoisotopic (exact) mass is 523 g/mol. The first kappa shape index (κ1) is 27.3. The summed E-state index contributed by atoms with van der Waals surface area (Å²) in [7, 11) is 0. The van der Waals surface area contributed by atoms with Crippen molar-refractivity contribution in [1.82, 2.24) is 0 Å². The van der Waals surface area contributed by atoms with Crippen LogP contribution in [-0.4, -0.2) is 23.5 Å². The zero-order valence-corrected chi connectivity index (χ0v) is 22.3. The van der Waals surface area contributed by atoms with Gasteiger partial charge in [-0.3, -0.25) is 9.59 Å². The molecular weight excluding hydrogens is 494 g/mol. The van der Waals surface area contributed by atoms with E-state index in [1.165, 1.54) is 0 Å². The van der Waals surface area contributed by atoms with Crippen LogP contribution in [0, 0.1) is 0 Å². The lowest BCUT2D eigenvalue weighted by atomic mass is 9.83. The molecule has 3 aromatic rings. The zero-order valence-electron chi connectivity index (χ0n) is 22.3. The zero-order chi connectivity index (χ0) is 28.4. The Balaban J connectivity index is 1.76. The van der Waals surface area contributed by atoms with Gasteiger partial charge >= 0.3 is 11.9 Å². The number of hydrogen-bond acceptors (Lipinski definition) is 7. The van der Waals surface area contributed by atoms with Crippen LogP contribution in [-0.2, 0) is 19.1 Å². The van der Waals surface area contributed by atoms with E-state index < -0.39 is 24.1 Å². The van der Waals surface area contributed by atoms with Crippen molar-refractivity contribution in [3.8, 4) is 0 Å². The third-order valence-electron chi connectivity index (χ3n) is 6.47. The topological polar surface area (TPSA) is 98.8 Å². The second-order valence-corrected chi connectivity index (χ2v) is 9.56. The molecule has 0 spiro atoms. The van der Waals surface area contributed by atoms with Crippen LogP contribution >= 0.6 is 0 Å². The fraction of sp³-hybridized carbons (Fsp3) is 0.188. The molecule has 1 aliphatic carbocycles. The van der Waals surface area contributed by atoms with Gasteiger partial charge in [0.05, 0.1) is 11.3 Å². The van der Waals surface area contributed by atoms with Crippen molar-refractivity contribution in [2.24, 2.45) is 0 Å². The van der Waals surface area contributed by atoms with Gasteiger partial charge < -0.3 is 14.8 Å². The van der Waals surface area contributed by atoms with E-state index in [1.807, 2.05) is 0 Å². The largest absolute Gasteiger partial charge is 0.454 e. The normalized spacial score (nSPS) is 13.4. The molecule has 7 heteroatoms. The van der Waals surface area contributed by atoms with Gasteiger partial charge in [-0.15, -0.1) is 0 Å². The van der Waals surface area contributed by atoms with Crippen molar-refractivity contribution in [1.29, 1.82) is 0 Å². The van der Waals surface area contributed by atoms with Crippen LogP contribution in [0.4, 0.5) is 11.4 Å². The smallest absolute Gasteiger partial charge is 0.333 e. The summed E-state index contributed by atoms with van der Waals surface area (Å²) in [5.41, 5.74) is 4.05. The summed E-state index contributed by atoms with van der Waals surface area (Å²) in [6.07, 6.45) is -1.33. The van der Waals surface area contributed by atoms with Gasteiger partial charge in [0, 0.05) is 39.1 Å². The SMILES string of the molecule is C=C(C)C(=O)OC(C)c1ccc(Nc2cccc3c2C(=O)c2ccccc2C3=O)c(C(C)OC(=O)C(=C)C)c1. The van der Waals surface area contributed by atoms with Crippen LogP contribution in [0.25, 0.3) is 0 Å². The van der Waals surface area contributed by atoms with Crippen molar-refractivity contribution in [2.75, 3.05) is 5.32 Å². The molecule has 1 aliphatic rings. The van der Waals surface area contributed by atoms with Crippen LogP contribution in [0.3, 0.4) is 0 Å². The molecule has 0 radical (unpaired) electrons. The van der Waals surface area contributed by atoms with E-state index >= 15 is 0 Å². The van der Waals surface area contributed by atoms with Crippen molar-refractivity contribution >= 4 is 34.9 Å². The molecule has 7 nitrogen and oxygen atoms in total. The number of carbonyl (C=O) groups is 4. The molecule has 0 saturated heterocycles. The Hall–Kier alpha value is -4.78. The highest BCUT2D eigenvalue weighted by atomic mass is 16.5. The summed E-state index contributed by atoms with van der Waals surface area (Å²) < 4.78 is 11.1. The maximum atomic E-state index is 13.5. The first-order valence-electron chi connectivity index (χ1n) is 12.4. The van der Waals surface area contributed by atoms with E-state index in [1.54, 1.807) is 88.4 Å². The molecule has 2 atom stereocenters. The molecule has 1 N–H and O–H groups in total. The van der Waals surface area contributed by atoms with E-state index in [9.17, 15) is 19.2 Å². The molecule has 0 saturated carbocycles. The molecule has 0 aliphatic heterocycles. The van der Waals surface area contributed by atoms with Crippen LogP contribution in [0.15, 0.2) is 85.0 Å². The van der Waals surface area contributed by atoms with Gasteiger partial charge in [-0.25, -0.2) is 9.59 Å². The maximum Gasteiger partial charge on any atom is 0.333 e. The highest BCUT2D eigenvalue weighted by Gasteiger charge is 2.31. The molecule has 39 heavy (non-hydrogen) atoms. The van der Waals surface area contributed by atoms with E-state index in [0.717, 1.165) is 0 Å². The van der Waals surface area contributed by atoms with Gasteiger partial charge in [0.1, 0.15) is 12.2 Å². The Labute approximate surface area is 227 Å². The van der Waals surface area contributed by atoms with Gasteiger partial charge in [0.25, 0.3) is 0 Å². The number of benzene rings is 3. The van der Waals surface area contributed by atoms with Gasteiger partial charge in [-0.1, -0.05) is 55.6 Å². The second-order valence-electron chi connectivity index (χ2n) is 9.56. The maximum absolute atomic E-state index is 13.5. The Morgan fingerprint density at radius 2 is 1.28 bits per heavy atom. The lowest BCUT2D eigenvalue weighted by Crippen LogP contribution is -2.22. The Bertz CT molecular complexity index is 1550. The number of rotatable bonds is 8. The van der Waals surface area contributed by atoms with Crippen LogP contribution in [0.5, 0.6) is 0 Å². The van der Waals surface area contributed by atoms with Crippen LogP contribution < -0.4 is 5.32 Å². The first-order chi connectivity index (χ1) is 18.5. The van der Waals surface area contributed by atoms with Crippen molar-refractivity contribution in [3.63, 3.8) is 0 Å². The molecule has 198 valence electrons. The molecular formula is C32H29NO6. The highest BCUT2D eigenvalue weighted by Crippen LogP contribution is 2.37. The lowest BCUT2D eigenvalue weighted by Gasteiger charge is -2.24. The lowest BCUT2D eigenvalue weighted by molar-refractivity contribution is -0.144. The highest BCUT2D eigenvalue weighted by molar-refractivity contribution is 6.30. The van der Waals surface area contributed by atoms with E-state index in [2.05, 4.69) is 18.5 Å². The van der Waals surface area contributed by atoms with Crippen molar-refractivity contribution < 1.29 is 28.7 Å². The van der Waals surface area contributed by atoms with Crippen molar-refractivity contribution in [2.45, 2.75) is 39.9 Å². The number of esters is 2. The molecule has 0 heterocycles. The van der Waals surface area contributed by atoms with E-state index in [4.69, 9.17) is 9.47 Å². The number of carbonyl (C=O) groups excluding carboxylic acids is 4. The number of ketones is 2. The predicted octanol–water partition coefficient (Wildman–Crippen LogP) is 6.57. The Morgan fingerprint density at radius 1 is 0.718 bits per heavy atom. The third-order valence-corrected chi connectivity index (χ3v) is 6.47. The standard InChI is InChI=1S/C32H29NO6/c1-17(2)31(36)38-19(5)21-14-15-26(25(16-21)20(6)39-32(37)18(3)4)33-27-13-9-12-24-28(27)30(35)23-11-8-7-10-22(23)29(24)34/h7-16,19-20,33H,1,3H2,2,4-6H3. The number of fused-ring (bicyclic) bond motifs is 2. The fourth-order valence-electron chi connectivity index (χ4n) is 4.33. The molecule has 3 aromatic carbocycles. The molecule has 0 bridgehead atoms. The molecule has 0 aromatic heterocycles. The summed E-state index contributed by atoms with van der Waals surface area (Å²) in [4.78, 5) is 51.1. The van der Waals surface area contributed by atoms with Crippen LogP contribution in [0.1, 0.15) is 82.9 Å².